The van der Waals surface area contributed by atoms with Gasteiger partial charge in [-0.2, -0.15) is 0 Å². The molecule has 5 nitrogen and oxygen atoms in total. The first kappa shape index (κ1) is 19.8. The van der Waals surface area contributed by atoms with Gasteiger partial charge >= 0.3 is 0 Å². The molecule has 0 bridgehead atoms. The molecule has 7 heteroatoms. The number of rotatable bonds is 6. The van der Waals surface area contributed by atoms with Gasteiger partial charge < -0.3 is 5.32 Å². The van der Waals surface area contributed by atoms with E-state index >= 15 is 0 Å². The number of carbonyl (C=O) groups is 1. The standard InChI is InChI=1S/C19H23F2N3O2/c1-3-15(17(25)24-26)13-22-14(2)23-18(16-7-5-4-6-8-16)9-11-19(20,21)12-10-18/h3-8,13,23,26H,2,9-12H2,1H3,(H,24,25)/b15-3+,22-13-. The lowest BCUT2D eigenvalue weighted by Crippen LogP contribution is -2.46. The van der Waals surface area contributed by atoms with Gasteiger partial charge in [0, 0.05) is 19.1 Å². The fraction of sp³-hybridized carbons (Fsp3) is 0.368. The van der Waals surface area contributed by atoms with Crippen LogP contribution in [0.25, 0.3) is 0 Å². The minimum absolute atomic E-state index is 0.152. The summed E-state index contributed by atoms with van der Waals surface area (Å²) in [6.45, 7) is 5.46. The van der Waals surface area contributed by atoms with E-state index in [0.717, 1.165) is 5.56 Å². The number of hydrogen-bond acceptors (Lipinski definition) is 4. The molecule has 0 aliphatic heterocycles. The number of nitrogens with zero attached hydrogens (tertiary/aromatic N) is 1. The fourth-order valence-corrected chi connectivity index (χ4v) is 3.07. The van der Waals surface area contributed by atoms with Crippen LogP contribution in [-0.2, 0) is 10.3 Å². The molecule has 0 unspecified atom stereocenters. The van der Waals surface area contributed by atoms with Crippen molar-refractivity contribution >= 4 is 12.1 Å². The maximum absolute atomic E-state index is 13.7. The van der Waals surface area contributed by atoms with E-state index in [0.29, 0.717) is 0 Å². The Labute approximate surface area is 151 Å². The molecule has 0 aromatic heterocycles. The van der Waals surface area contributed by atoms with E-state index in [4.69, 9.17) is 5.21 Å². The van der Waals surface area contributed by atoms with Gasteiger partial charge in [0.1, 0.15) is 5.82 Å². The van der Waals surface area contributed by atoms with Gasteiger partial charge in [-0.25, -0.2) is 19.3 Å². The summed E-state index contributed by atoms with van der Waals surface area (Å²) in [5, 5.41) is 11.9. The van der Waals surface area contributed by atoms with E-state index in [1.807, 2.05) is 30.3 Å². The zero-order valence-electron chi connectivity index (χ0n) is 14.6. The SMILES string of the molecule is C=C(/N=C\C(=C/C)C(=O)NO)NC1(c2ccccc2)CCC(F)(F)CC1. The van der Waals surface area contributed by atoms with Crippen molar-refractivity contribution < 1.29 is 18.8 Å². The monoisotopic (exact) mass is 363 g/mol. The van der Waals surface area contributed by atoms with Gasteiger partial charge in [-0.15, -0.1) is 0 Å². The topological polar surface area (TPSA) is 73.7 Å². The summed E-state index contributed by atoms with van der Waals surface area (Å²) < 4.78 is 27.3. The molecule has 0 spiro atoms. The lowest BCUT2D eigenvalue weighted by atomic mass is 9.75. The first-order valence-corrected chi connectivity index (χ1v) is 8.37. The van der Waals surface area contributed by atoms with Crippen LogP contribution in [0.3, 0.4) is 0 Å². The van der Waals surface area contributed by atoms with Crippen molar-refractivity contribution in [3.05, 3.63) is 59.9 Å². The van der Waals surface area contributed by atoms with Crippen LogP contribution in [0.4, 0.5) is 8.78 Å². The Bertz CT molecular complexity index is 705. The molecule has 140 valence electrons. The highest BCUT2D eigenvalue weighted by Crippen LogP contribution is 2.44. The molecule has 3 N–H and O–H groups in total. The zero-order valence-corrected chi connectivity index (χ0v) is 14.6. The molecule has 1 saturated carbocycles. The van der Waals surface area contributed by atoms with Crippen molar-refractivity contribution in [2.75, 3.05) is 0 Å². The van der Waals surface area contributed by atoms with E-state index in [1.54, 1.807) is 6.92 Å². The minimum atomic E-state index is -2.66. The highest BCUT2D eigenvalue weighted by molar-refractivity contribution is 6.11. The summed E-state index contributed by atoms with van der Waals surface area (Å²) in [5.74, 6) is -3.11. The number of amides is 1. The van der Waals surface area contributed by atoms with E-state index in [2.05, 4.69) is 16.9 Å². The van der Waals surface area contributed by atoms with Crippen LogP contribution < -0.4 is 10.8 Å². The largest absolute Gasteiger partial charge is 0.361 e. The van der Waals surface area contributed by atoms with Crippen molar-refractivity contribution in [1.29, 1.82) is 0 Å². The number of hydroxylamine groups is 1. The van der Waals surface area contributed by atoms with Crippen LogP contribution in [0, 0.1) is 0 Å². The van der Waals surface area contributed by atoms with Crippen molar-refractivity contribution in [3.63, 3.8) is 0 Å². The third-order valence-electron chi connectivity index (χ3n) is 4.58. The van der Waals surface area contributed by atoms with Gasteiger partial charge in [0.2, 0.25) is 5.92 Å². The molecular formula is C19H23F2N3O2. The molecule has 1 fully saturated rings. The molecule has 1 aliphatic carbocycles. The Hall–Kier alpha value is -2.54. The van der Waals surface area contributed by atoms with Gasteiger partial charge in [-0.1, -0.05) is 43.0 Å². The van der Waals surface area contributed by atoms with Gasteiger partial charge in [-0.05, 0) is 25.3 Å². The van der Waals surface area contributed by atoms with E-state index in [-0.39, 0.29) is 37.1 Å². The minimum Gasteiger partial charge on any atom is -0.361 e. The Kier molecular flexibility index (Phi) is 6.26. The normalized spacial score (nSPS) is 19.2. The second-order valence-corrected chi connectivity index (χ2v) is 6.32. The summed E-state index contributed by atoms with van der Waals surface area (Å²) in [6, 6.07) is 9.38. The van der Waals surface area contributed by atoms with Gasteiger partial charge in [-0.3, -0.25) is 10.0 Å². The van der Waals surface area contributed by atoms with Crippen LogP contribution in [0.5, 0.6) is 0 Å². The van der Waals surface area contributed by atoms with Crippen molar-refractivity contribution in [1.82, 2.24) is 10.8 Å². The third-order valence-corrected chi connectivity index (χ3v) is 4.58. The molecule has 1 amide bonds. The molecular weight excluding hydrogens is 340 g/mol. The average Bonchev–Trinajstić information content (AvgIpc) is 2.64. The second-order valence-electron chi connectivity index (χ2n) is 6.32. The van der Waals surface area contributed by atoms with Crippen LogP contribution >= 0.6 is 0 Å². The third kappa shape index (κ3) is 4.76. The van der Waals surface area contributed by atoms with Crippen molar-refractivity contribution in [2.24, 2.45) is 4.99 Å². The number of alkyl halides is 2. The van der Waals surface area contributed by atoms with Crippen LogP contribution in [-0.4, -0.2) is 23.3 Å². The van der Waals surface area contributed by atoms with Gasteiger partial charge in [0.25, 0.3) is 5.91 Å². The number of benzene rings is 1. The Balaban J connectivity index is 2.20. The summed E-state index contributed by atoms with van der Waals surface area (Å²) in [4.78, 5) is 15.6. The van der Waals surface area contributed by atoms with E-state index < -0.39 is 17.4 Å². The summed E-state index contributed by atoms with van der Waals surface area (Å²) in [5.41, 5.74) is 1.89. The van der Waals surface area contributed by atoms with Crippen LogP contribution in [0.15, 0.2) is 59.4 Å². The average molecular weight is 363 g/mol. The zero-order chi connectivity index (χ0) is 19.2. The smallest absolute Gasteiger partial charge is 0.275 e. The van der Waals surface area contributed by atoms with Crippen LogP contribution in [0.2, 0.25) is 0 Å². The van der Waals surface area contributed by atoms with E-state index in [9.17, 15) is 13.6 Å². The van der Waals surface area contributed by atoms with Crippen molar-refractivity contribution in [3.8, 4) is 0 Å². The number of hydrogen-bond donors (Lipinski definition) is 3. The molecule has 1 aliphatic rings. The number of allylic oxidation sites excluding steroid dienone is 1. The molecule has 0 atom stereocenters. The predicted molar refractivity (Wildman–Crippen MR) is 96.0 cm³/mol. The fourth-order valence-electron chi connectivity index (χ4n) is 3.07. The second kappa shape index (κ2) is 8.23. The predicted octanol–water partition coefficient (Wildman–Crippen LogP) is 3.67. The Morgan fingerprint density at radius 1 is 1.23 bits per heavy atom. The lowest BCUT2D eigenvalue weighted by Gasteiger charge is -2.41. The number of halogens is 2. The highest BCUT2D eigenvalue weighted by atomic mass is 19.3. The van der Waals surface area contributed by atoms with E-state index in [1.165, 1.54) is 17.8 Å². The van der Waals surface area contributed by atoms with Crippen molar-refractivity contribution in [2.45, 2.75) is 44.1 Å². The molecule has 1 aromatic carbocycles. The van der Waals surface area contributed by atoms with Gasteiger partial charge in [0.05, 0.1) is 11.1 Å². The Morgan fingerprint density at radius 3 is 2.38 bits per heavy atom. The number of nitrogens with one attached hydrogen (secondary N) is 2. The highest BCUT2D eigenvalue weighted by Gasteiger charge is 2.44. The number of carbonyl (C=O) groups excluding carboxylic acids is 1. The number of aliphatic imine (C=N–C) groups is 1. The summed E-state index contributed by atoms with van der Waals surface area (Å²) in [6.07, 6.45) is 2.78. The summed E-state index contributed by atoms with van der Waals surface area (Å²) >= 11 is 0. The molecule has 0 radical (unpaired) electrons. The first-order valence-electron chi connectivity index (χ1n) is 8.37. The van der Waals surface area contributed by atoms with Crippen LogP contribution in [0.1, 0.15) is 38.2 Å². The molecule has 2 rings (SSSR count). The Morgan fingerprint density at radius 2 is 1.85 bits per heavy atom. The maximum atomic E-state index is 13.7. The maximum Gasteiger partial charge on any atom is 0.275 e. The summed E-state index contributed by atoms with van der Waals surface area (Å²) in [7, 11) is 0. The molecule has 0 saturated heterocycles. The van der Waals surface area contributed by atoms with Gasteiger partial charge in [0.15, 0.2) is 0 Å². The first-order chi connectivity index (χ1) is 12.3. The molecule has 0 heterocycles. The molecule has 1 aromatic rings. The lowest BCUT2D eigenvalue weighted by molar-refractivity contribution is -0.124. The quantitative estimate of drug-likeness (QED) is 0.312. The molecule has 26 heavy (non-hydrogen) atoms.